The van der Waals surface area contributed by atoms with Gasteiger partial charge in [0, 0.05) is 19.1 Å². The van der Waals surface area contributed by atoms with Gasteiger partial charge in [-0.15, -0.1) is 10.2 Å². The second kappa shape index (κ2) is 7.00. The third kappa shape index (κ3) is 4.75. The lowest BCUT2D eigenvalue weighted by Crippen LogP contribution is -2.36. The van der Waals surface area contributed by atoms with Gasteiger partial charge in [-0.05, 0) is 51.5 Å². The van der Waals surface area contributed by atoms with Gasteiger partial charge in [0.1, 0.15) is 11.4 Å². The van der Waals surface area contributed by atoms with Gasteiger partial charge in [-0.2, -0.15) is 13.2 Å². The van der Waals surface area contributed by atoms with E-state index in [1.54, 1.807) is 4.90 Å². The molecule has 1 saturated heterocycles. The van der Waals surface area contributed by atoms with E-state index in [0.29, 0.717) is 13.1 Å². The molecule has 2 unspecified atom stereocenters. The molecule has 2 fully saturated rings. The summed E-state index contributed by atoms with van der Waals surface area (Å²) >= 11 is 5.50. The van der Waals surface area contributed by atoms with Crippen molar-refractivity contribution in [1.29, 1.82) is 0 Å². The Morgan fingerprint density at radius 1 is 1.22 bits per heavy atom. The van der Waals surface area contributed by atoms with Crippen molar-refractivity contribution in [1.82, 2.24) is 15.1 Å². The number of hydrogen-bond acceptors (Lipinski definition) is 5. The molecule has 2 heterocycles. The molecule has 1 N–H and O–H groups in total. The predicted octanol–water partition coefficient (Wildman–Crippen LogP) is 4.21. The molecule has 3 atom stereocenters. The monoisotopic (exact) mass is 406 g/mol. The van der Waals surface area contributed by atoms with Crippen LogP contribution < -0.4 is 5.32 Å². The molecule has 1 aromatic rings. The van der Waals surface area contributed by atoms with Crippen molar-refractivity contribution in [3.05, 3.63) is 16.8 Å². The number of amides is 1. The maximum Gasteiger partial charge on any atom is 0.419 e. The van der Waals surface area contributed by atoms with E-state index in [-0.39, 0.29) is 29.8 Å². The zero-order valence-corrected chi connectivity index (χ0v) is 16.1. The Kier molecular flexibility index (Phi) is 5.18. The number of nitrogens with one attached hydrogen (secondary N) is 1. The van der Waals surface area contributed by atoms with Crippen LogP contribution in [0.2, 0.25) is 5.15 Å². The van der Waals surface area contributed by atoms with Crippen molar-refractivity contribution >= 4 is 23.5 Å². The molecule has 0 bridgehead atoms. The van der Waals surface area contributed by atoms with Gasteiger partial charge in [0.15, 0.2) is 5.15 Å². The fraction of sp³-hybridized carbons (Fsp3) is 0.706. The van der Waals surface area contributed by atoms with Crippen LogP contribution in [0.5, 0.6) is 0 Å². The Hall–Kier alpha value is -1.77. The van der Waals surface area contributed by atoms with Crippen molar-refractivity contribution in [3.8, 4) is 0 Å². The van der Waals surface area contributed by atoms with Crippen LogP contribution in [0.1, 0.15) is 39.2 Å². The molecule has 3 rings (SSSR count). The van der Waals surface area contributed by atoms with E-state index in [0.717, 1.165) is 18.9 Å². The molecule has 1 aliphatic heterocycles. The second-order valence-corrected chi connectivity index (χ2v) is 8.51. The number of fused-ring (bicyclic) bond motifs is 1. The smallest absolute Gasteiger partial charge is 0.419 e. The summed E-state index contributed by atoms with van der Waals surface area (Å²) < 4.78 is 44.2. The molecule has 10 heteroatoms. The third-order valence-electron chi connectivity index (χ3n) is 4.81. The molecule has 1 aromatic heterocycles. The summed E-state index contributed by atoms with van der Waals surface area (Å²) in [5.74, 6) is 0.635. The van der Waals surface area contributed by atoms with Crippen molar-refractivity contribution in [2.45, 2.75) is 51.4 Å². The van der Waals surface area contributed by atoms with Crippen LogP contribution in [0, 0.1) is 11.8 Å². The average molecular weight is 407 g/mol. The summed E-state index contributed by atoms with van der Waals surface area (Å²) in [4.78, 5) is 13.9. The average Bonchev–Trinajstić information content (AvgIpc) is 3.04. The molecule has 6 nitrogen and oxygen atoms in total. The van der Waals surface area contributed by atoms with E-state index < -0.39 is 22.5 Å². The first-order valence-corrected chi connectivity index (χ1v) is 9.15. The van der Waals surface area contributed by atoms with E-state index >= 15 is 0 Å². The van der Waals surface area contributed by atoms with Crippen LogP contribution in [0.3, 0.4) is 0 Å². The SMILES string of the molecule is CC(C)(C)OC(=O)N1CC2CC(Nc3cc(C(F)(F)F)c(Cl)nn3)C[C@@H]2C1. The highest BCUT2D eigenvalue weighted by Crippen LogP contribution is 2.40. The summed E-state index contributed by atoms with van der Waals surface area (Å²) in [5, 5.41) is 9.47. The number of hydrogen-bond donors (Lipinski definition) is 1. The van der Waals surface area contributed by atoms with Crippen LogP contribution >= 0.6 is 11.6 Å². The third-order valence-corrected chi connectivity index (χ3v) is 5.09. The van der Waals surface area contributed by atoms with E-state index in [1.165, 1.54) is 0 Å². The van der Waals surface area contributed by atoms with Crippen molar-refractivity contribution in [2.75, 3.05) is 18.4 Å². The van der Waals surface area contributed by atoms with Gasteiger partial charge in [-0.3, -0.25) is 0 Å². The summed E-state index contributed by atoms with van der Waals surface area (Å²) in [6.45, 7) is 6.66. The molecule has 2 aliphatic rings. The number of likely N-dealkylation sites (tertiary alicyclic amines) is 1. The minimum atomic E-state index is -4.58. The first-order valence-electron chi connectivity index (χ1n) is 8.77. The quantitative estimate of drug-likeness (QED) is 0.797. The van der Waals surface area contributed by atoms with Crippen LogP contribution in [0.4, 0.5) is 23.8 Å². The van der Waals surface area contributed by atoms with Crippen LogP contribution in [-0.4, -0.2) is 45.9 Å². The highest BCUT2D eigenvalue weighted by atomic mass is 35.5. The van der Waals surface area contributed by atoms with Crippen molar-refractivity contribution in [3.63, 3.8) is 0 Å². The molecule has 27 heavy (non-hydrogen) atoms. The Balaban J connectivity index is 1.58. The number of carbonyl (C=O) groups excluding carboxylic acids is 1. The van der Waals surface area contributed by atoms with Gasteiger partial charge in [0.25, 0.3) is 0 Å². The number of ether oxygens (including phenoxy) is 1. The van der Waals surface area contributed by atoms with E-state index in [1.807, 2.05) is 20.8 Å². The van der Waals surface area contributed by atoms with Gasteiger partial charge < -0.3 is 15.0 Å². The summed E-state index contributed by atoms with van der Waals surface area (Å²) in [6.07, 6.45) is -3.41. The molecule has 1 amide bonds. The number of alkyl halides is 3. The van der Waals surface area contributed by atoms with Gasteiger partial charge in [-0.1, -0.05) is 11.6 Å². The number of aromatic nitrogens is 2. The second-order valence-electron chi connectivity index (χ2n) is 8.15. The fourth-order valence-corrected chi connectivity index (χ4v) is 3.95. The zero-order chi connectivity index (χ0) is 20.0. The van der Waals surface area contributed by atoms with Crippen molar-refractivity contribution < 1.29 is 22.7 Å². The molecule has 0 radical (unpaired) electrons. The molecular formula is C17H22ClF3N4O2. The predicted molar refractivity (Wildman–Crippen MR) is 93.5 cm³/mol. The molecule has 0 spiro atoms. The van der Waals surface area contributed by atoms with Crippen LogP contribution in [-0.2, 0) is 10.9 Å². The maximum atomic E-state index is 12.9. The maximum absolute atomic E-state index is 12.9. The first-order chi connectivity index (χ1) is 12.4. The standard InChI is InChI=1S/C17H22ClF3N4O2/c1-16(2,3)27-15(26)25-7-9-4-11(5-10(9)8-25)22-13-6-12(17(19,20)21)14(18)24-23-13/h6,9-11H,4-5,7-8H2,1-3H3,(H,22,23)/t9-,10?,11?/m1/s1. The number of rotatable bonds is 2. The first kappa shape index (κ1) is 20.0. The Morgan fingerprint density at radius 2 is 1.81 bits per heavy atom. The topological polar surface area (TPSA) is 67.3 Å². The Bertz CT molecular complexity index is 709. The highest BCUT2D eigenvalue weighted by molar-refractivity contribution is 6.30. The van der Waals surface area contributed by atoms with Gasteiger partial charge in [0.2, 0.25) is 0 Å². The Morgan fingerprint density at radius 3 is 2.33 bits per heavy atom. The van der Waals surface area contributed by atoms with Gasteiger partial charge >= 0.3 is 12.3 Å². The highest BCUT2D eigenvalue weighted by Gasteiger charge is 2.43. The minimum Gasteiger partial charge on any atom is -0.444 e. The Labute approximate surface area is 160 Å². The van der Waals surface area contributed by atoms with Crippen molar-refractivity contribution in [2.24, 2.45) is 11.8 Å². The van der Waals surface area contributed by atoms with E-state index in [4.69, 9.17) is 16.3 Å². The van der Waals surface area contributed by atoms with Crippen LogP contribution in [0.25, 0.3) is 0 Å². The summed E-state index contributed by atoms with van der Waals surface area (Å²) in [6, 6.07) is 0.869. The van der Waals surface area contributed by atoms with Gasteiger partial charge in [-0.25, -0.2) is 4.79 Å². The lowest BCUT2D eigenvalue weighted by molar-refractivity contribution is -0.137. The largest absolute Gasteiger partial charge is 0.444 e. The number of nitrogens with zero attached hydrogens (tertiary/aromatic N) is 3. The minimum absolute atomic E-state index is 0.0163. The number of halogens is 4. The zero-order valence-electron chi connectivity index (χ0n) is 15.3. The van der Waals surface area contributed by atoms with Crippen LogP contribution in [0.15, 0.2) is 6.07 Å². The van der Waals surface area contributed by atoms with Gasteiger partial charge in [0.05, 0.1) is 5.56 Å². The molecule has 0 aromatic carbocycles. The normalized spacial score (nSPS) is 25.4. The lowest BCUT2D eigenvalue weighted by Gasteiger charge is -2.25. The molecular weight excluding hydrogens is 385 g/mol. The molecule has 1 saturated carbocycles. The molecule has 1 aliphatic carbocycles. The number of anilines is 1. The molecule has 150 valence electrons. The lowest BCUT2D eigenvalue weighted by atomic mass is 10.0. The van der Waals surface area contributed by atoms with E-state index in [9.17, 15) is 18.0 Å². The number of carbonyl (C=O) groups is 1. The fourth-order valence-electron chi connectivity index (χ4n) is 3.75. The van der Waals surface area contributed by atoms with E-state index in [2.05, 4.69) is 15.5 Å². The summed E-state index contributed by atoms with van der Waals surface area (Å²) in [5.41, 5.74) is -1.54. The summed E-state index contributed by atoms with van der Waals surface area (Å²) in [7, 11) is 0.